The Bertz CT molecular complexity index is 1780. The Kier molecular flexibility index (Phi) is 3.71. The maximum atomic E-state index is 13.4. The maximum absolute atomic E-state index is 13.4. The number of hydrogen-bond donors (Lipinski definition) is 3. The second-order valence-electron chi connectivity index (χ2n) is 7.36. The van der Waals surface area contributed by atoms with E-state index in [4.69, 9.17) is 0 Å². The van der Waals surface area contributed by atoms with Crippen molar-refractivity contribution in [3.8, 4) is 0 Å². The van der Waals surface area contributed by atoms with Gasteiger partial charge < -0.3 is 9.97 Å². The van der Waals surface area contributed by atoms with Crippen LogP contribution in [0.2, 0.25) is 0 Å². The smallest absolute Gasteiger partial charge is 0.295 e. The van der Waals surface area contributed by atoms with Crippen LogP contribution in [0.4, 0.5) is 0 Å². The monoisotopic (exact) mass is 420 g/mol. The summed E-state index contributed by atoms with van der Waals surface area (Å²) >= 11 is 0. The van der Waals surface area contributed by atoms with E-state index in [9.17, 15) is 22.6 Å². The highest BCUT2D eigenvalue weighted by atomic mass is 32.2. The third-order valence-corrected chi connectivity index (χ3v) is 6.57. The number of hydrogen-bond acceptors (Lipinski definition) is 4. The van der Waals surface area contributed by atoms with Gasteiger partial charge in [-0.2, -0.15) is 8.42 Å². The summed E-state index contributed by atoms with van der Waals surface area (Å²) in [6, 6.07) is 11.3. The summed E-state index contributed by atoms with van der Waals surface area (Å²) in [5.41, 5.74) is 2.35. The molecule has 0 unspecified atom stereocenters. The summed E-state index contributed by atoms with van der Waals surface area (Å²) in [6.07, 6.45) is 0. The van der Waals surface area contributed by atoms with Crippen molar-refractivity contribution in [3.63, 3.8) is 0 Å². The molecule has 5 aromatic rings. The van der Waals surface area contributed by atoms with Crippen molar-refractivity contribution in [2.75, 3.05) is 0 Å². The topological polar surface area (TPSA) is 120 Å². The van der Waals surface area contributed by atoms with E-state index in [1.807, 2.05) is 6.07 Å². The first-order chi connectivity index (χ1) is 14.2. The van der Waals surface area contributed by atoms with Crippen LogP contribution in [0, 0.1) is 13.8 Å². The molecule has 0 aliphatic carbocycles. The Morgan fingerprint density at radius 3 is 1.97 bits per heavy atom. The van der Waals surface area contributed by atoms with Gasteiger partial charge >= 0.3 is 0 Å². The highest BCUT2D eigenvalue weighted by Crippen LogP contribution is 2.30. The lowest BCUT2D eigenvalue weighted by atomic mass is 9.96. The van der Waals surface area contributed by atoms with Crippen LogP contribution in [0.3, 0.4) is 0 Å². The largest absolute Gasteiger partial charge is 0.354 e. The van der Waals surface area contributed by atoms with Crippen molar-refractivity contribution in [2.24, 2.45) is 0 Å². The molecule has 150 valence electrons. The highest BCUT2D eigenvalue weighted by Gasteiger charge is 2.22. The molecule has 2 aromatic heterocycles. The normalized spacial score (nSPS) is 12.4. The standard InChI is InChI=1S/C22H16N2O5S/c1-10-16-19(23-13-7-4-3-6-12(13)21(16)25)11(2)17-20(10)24-14-8-5-9-15(30(27,28)29)18(14)22(17)26/h3-9H,1-2H3,(H,23,25)(H,24,26)(H,27,28,29). The van der Waals surface area contributed by atoms with E-state index in [-0.39, 0.29) is 21.7 Å². The molecule has 0 bridgehead atoms. The lowest BCUT2D eigenvalue weighted by Gasteiger charge is -2.14. The highest BCUT2D eigenvalue weighted by molar-refractivity contribution is 7.86. The van der Waals surface area contributed by atoms with Gasteiger partial charge in [-0.1, -0.05) is 18.2 Å². The molecule has 0 fully saturated rings. The molecule has 5 rings (SSSR count). The molecule has 0 saturated carbocycles. The second-order valence-corrected chi connectivity index (χ2v) is 8.75. The number of pyridine rings is 2. The molecule has 0 aliphatic rings. The fourth-order valence-electron chi connectivity index (χ4n) is 4.28. The van der Waals surface area contributed by atoms with E-state index in [0.717, 1.165) is 0 Å². The zero-order valence-corrected chi connectivity index (χ0v) is 16.8. The molecular weight excluding hydrogens is 404 g/mol. The average Bonchev–Trinajstić information content (AvgIpc) is 2.70. The Hall–Kier alpha value is -3.49. The van der Waals surface area contributed by atoms with Crippen molar-refractivity contribution >= 4 is 53.7 Å². The molecule has 30 heavy (non-hydrogen) atoms. The van der Waals surface area contributed by atoms with E-state index < -0.39 is 20.4 Å². The fourth-order valence-corrected chi connectivity index (χ4v) is 4.99. The predicted octanol–water partition coefficient (Wildman–Crippen LogP) is 3.54. The fraction of sp³-hybridized carbons (Fsp3) is 0.0909. The number of aryl methyl sites for hydroxylation is 2. The lowest BCUT2D eigenvalue weighted by Crippen LogP contribution is -2.14. The molecule has 8 heteroatoms. The number of benzene rings is 3. The SMILES string of the molecule is Cc1c2[nH]c3cccc(S(=O)(=O)O)c3c(=O)c2c(C)c2[nH]c3ccccc3c(=O)c12. The minimum atomic E-state index is -4.60. The van der Waals surface area contributed by atoms with Crippen LogP contribution in [-0.2, 0) is 10.1 Å². The molecule has 0 radical (unpaired) electrons. The van der Waals surface area contributed by atoms with E-state index in [0.29, 0.717) is 38.4 Å². The van der Waals surface area contributed by atoms with Gasteiger partial charge in [-0.15, -0.1) is 0 Å². The van der Waals surface area contributed by atoms with Gasteiger partial charge in [0.05, 0.1) is 32.7 Å². The average molecular weight is 420 g/mol. The van der Waals surface area contributed by atoms with Crippen LogP contribution in [-0.4, -0.2) is 22.9 Å². The van der Waals surface area contributed by atoms with Crippen LogP contribution in [0.1, 0.15) is 11.1 Å². The summed E-state index contributed by atoms with van der Waals surface area (Å²) in [4.78, 5) is 32.6. The van der Waals surface area contributed by atoms with Crippen LogP contribution in [0.15, 0.2) is 56.9 Å². The van der Waals surface area contributed by atoms with Crippen molar-refractivity contribution < 1.29 is 13.0 Å². The van der Waals surface area contributed by atoms with Crippen molar-refractivity contribution in [2.45, 2.75) is 18.7 Å². The zero-order valence-electron chi connectivity index (χ0n) is 16.0. The van der Waals surface area contributed by atoms with Crippen molar-refractivity contribution in [3.05, 3.63) is 74.0 Å². The van der Waals surface area contributed by atoms with Crippen molar-refractivity contribution in [1.29, 1.82) is 0 Å². The zero-order chi connectivity index (χ0) is 21.4. The quantitative estimate of drug-likeness (QED) is 0.283. The van der Waals surface area contributed by atoms with Gasteiger partial charge in [0.2, 0.25) is 0 Å². The molecular formula is C22H16N2O5S. The van der Waals surface area contributed by atoms with Gasteiger partial charge in [0.1, 0.15) is 4.90 Å². The molecule has 3 aromatic carbocycles. The number of nitrogens with one attached hydrogen (secondary N) is 2. The van der Waals surface area contributed by atoms with Crippen LogP contribution >= 0.6 is 0 Å². The van der Waals surface area contributed by atoms with Crippen molar-refractivity contribution in [1.82, 2.24) is 9.97 Å². The first-order valence-electron chi connectivity index (χ1n) is 9.20. The Labute approximate surface area is 169 Å². The molecule has 0 atom stereocenters. The Morgan fingerprint density at radius 1 is 0.733 bits per heavy atom. The molecule has 0 aliphatic heterocycles. The van der Waals surface area contributed by atoms with Gasteiger partial charge in [-0.25, -0.2) is 0 Å². The molecule has 3 N–H and O–H groups in total. The summed E-state index contributed by atoms with van der Waals surface area (Å²) in [7, 11) is -4.60. The van der Waals surface area contributed by atoms with Crippen LogP contribution in [0.25, 0.3) is 43.6 Å². The van der Waals surface area contributed by atoms with Crippen LogP contribution < -0.4 is 10.9 Å². The minimum absolute atomic E-state index is 0.113. The maximum Gasteiger partial charge on any atom is 0.295 e. The number of fused-ring (bicyclic) bond motifs is 4. The third kappa shape index (κ3) is 2.38. The van der Waals surface area contributed by atoms with Crippen LogP contribution in [0.5, 0.6) is 0 Å². The van der Waals surface area contributed by atoms with E-state index in [1.54, 1.807) is 38.1 Å². The predicted molar refractivity (Wildman–Crippen MR) is 117 cm³/mol. The van der Waals surface area contributed by atoms with Gasteiger partial charge in [0.15, 0.2) is 10.9 Å². The number of aromatic amines is 2. The first kappa shape index (κ1) is 18.5. The molecule has 0 amide bonds. The lowest BCUT2D eigenvalue weighted by molar-refractivity contribution is 0.484. The molecule has 7 nitrogen and oxygen atoms in total. The number of rotatable bonds is 1. The third-order valence-electron chi connectivity index (χ3n) is 5.68. The molecule has 2 heterocycles. The number of para-hydroxylation sites is 1. The van der Waals surface area contributed by atoms with E-state index in [1.165, 1.54) is 12.1 Å². The number of H-pyrrole nitrogens is 2. The minimum Gasteiger partial charge on any atom is -0.354 e. The summed E-state index contributed by atoms with van der Waals surface area (Å²) < 4.78 is 33.3. The summed E-state index contributed by atoms with van der Waals surface area (Å²) in [5.74, 6) is 0. The van der Waals surface area contributed by atoms with E-state index >= 15 is 0 Å². The Balaban J connectivity index is 2.13. The van der Waals surface area contributed by atoms with Gasteiger partial charge in [0, 0.05) is 10.9 Å². The van der Waals surface area contributed by atoms with Gasteiger partial charge in [0.25, 0.3) is 10.1 Å². The molecule has 0 saturated heterocycles. The van der Waals surface area contributed by atoms with Gasteiger partial charge in [-0.05, 0) is 49.2 Å². The molecule has 0 spiro atoms. The van der Waals surface area contributed by atoms with E-state index in [2.05, 4.69) is 9.97 Å². The Morgan fingerprint density at radius 2 is 1.30 bits per heavy atom. The number of aromatic nitrogens is 2. The summed E-state index contributed by atoms with van der Waals surface area (Å²) in [6.45, 7) is 3.47. The van der Waals surface area contributed by atoms with Gasteiger partial charge in [-0.3, -0.25) is 14.1 Å². The summed E-state index contributed by atoms with van der Waals surface area (Å²) in [5, 5.41) is 1.18. The second kappa shape index (κ2) is 6.01. The first-order valence-corrected chi connectivity index (χ1v) is 10.6.